The van der Waals surface area contributed by atoms with Crippen molar-refractivity contribution in [3.05, 3.63) is 29.3 Å². The van der Waals surface area contributed by atoms with Crippen LogP contribution in [0.15, 0.2) is 18.2 Å². The summed E-state index contributed by atoms with van der Waals surface area (Å²) in [5.74, 6) is 0.558. The first-order chi connectivity index (χ1) is 8.65. The van der Waals surface area contributed by atoms with E-state index in [1.165, 1.54) is 27.4 Å². The van der Waals surface area contributed by atoms with E-state index in [0.29, 0.717) is 22.6 Å². The highest BCUT2D eigenvalue weighted by molar-refractivity contribution is 5.88. The van der Waals surface area contributed by atoms with E-state index >= 15 is 0 Å². The van der Waals surface area contributed by atoms with Gasteiger partial charge in [-0.15, -0.1) is 0 Å². The molecule has 1 aromatic carbocycles. The van der Waals surface area contributed by atoms with Crippen molar-refractivity contribution in [1.82, 2.24) is 0 Å². The number of ether oxygens (including phenoxy) is 3. The van der Waals surface area contributed by atoms with Crippen LogP contribution in [0.4, 0.5) is 0 Å². The zero-order chi connectivity index (χ0) is 13.5. The predicted molar refractivity (Wildman–Crippen MR) is 66.5 cm³/mol. The Morgan fingerprint density at radius 3 is 2.17 bits per heavy atom. The second-order valence-electron chi connectivity index (χ2n) is 3.43. The van der Waals surface area contributed by atoms with Crippen molar-refractivity contribution in [3.8, 4) is 11.5 Å². The second kappa shape index (κ2) is 6.66. The predicted octanol–water partition coefficient (Wildman–Crippen LogP) is 1.38. The molecule has 5 nitrogen and oxygen atoms in total. The smallest absolute Gasteiger partial charge is 0.330 e. The molecular formula is C13H16O5. The van der Waals surface area contributed by atoms with Gasteiger partial charge in [-0.2, -0.15) is 0 Å². The Hall–Kier alpha value is -2.01. The molecule has 0 aliphatic heterocycles. The molecular weight excluding hydrogens is 236 g/mol. The minimum Gasteiger partial charge on any atom is -0.496 e. The molecule has 0 radical (unpaired) electrons. The fourth-order valence-electron chi connectivity index (χ4n) is 1.47. The molecule has 0 amide bonds. The number of carbonyl (C=O) groups excluding carboxylic acids is 1. The third-order valence-corrected chi connectivity index (χ3v) is 2.37. The summed E-state index contributed by atoms with van der Waals surface area (Å²) < 4.78 is 14.9. The van der Waals surface area contributed by atoms with Gasteiger partial charge in [0.05, 0.1) is 33.5 Å². The fourth-order valence-corrected chi connectivity index (χ4v) is 1.47. The van der Waals surface area contributed by atoms with Gasteiger partial charge in [0.2, 0.25) is 0 Å². The zero-order valence-corrected chi connectivity index (χ0v) is 10.6. The molecule has 0 fully saturated rings. The quantitative estimate of drug-likeness (QED) is 0.633. The monoisotopic (exact) mass is 252 g/mol. The molecule has 1 rings (SSSR count). The number of hydrogen-bond donors (Lipinski definition) is 1. The molecule has 5 heteroatoms. The molecule has 0 atom stereocenters. The lowest BCUT2D eigenvalue weighted by Gasteiger charge is -2.12. The van der Waals surface area contributed by atoms with Crippen molar-refractivity contribution >= 4 is 12.0 Å². The maximum Gasteiger partial charge on any atom is 0.330 e. The van der Waals surface area contributed by atoms with E-state index in [1.807, 2.05) is 0 Å². The van der Waals surface area contributed by atoms with Gasteiger partial charge in [-0.3, -0.25) is 0 Å². The summed E-state index contributed by atoms with van der Waals surface area (Å²) in [6.07, 6.45) is 2.82. The molecule has 0 spiro atoms. The van der Waals surface area contributed by atoms with Crippen LogP contribution in [0.1, 0.15) is 11.1 Å². The van der Waals surface area contributed by atoms with Gasteiger partial charge in [-0.1, -0.05) is 0 Å². The SMILES string of the molecule is COC(=O)C=Cc1c(OC)cc(CO)cc1OC. The van der Waals surface area contributed by atoms with Crippen LogP contribution >= 0.6 is 0 Å². The van der Waals surface area contributed by atoms with Crippen molar-refractivity contribution in [2.45, 2.75) is 6.61 Å². The summed E-state index contributed by atoms with van der Waals surface area (Å²) in [5.41, 5.74) is 1.28. The number of methoxy groups -OCH3 is 3. The number of rotatable bonds is 5. The van der Waals surface area contributed by atoms with E-state index in [0.717, 1.165) is 0 Å². The normalized spacial score (nSPS) is 10.4. The minimum atomic E-state index is -0.467. The molecule has 0 aliphatic carbocycles. The summed E-state index contributed by atoms with van der Waals surface area (Å²) in [7, 11) is 4.31. The third-order valence-electron chi connectivity index (χ3n) is 2.37. The lowest BCUT2D eigenvalue weighted by atomic mass is 10.1. The Bertz CT molecular complexity index is 426. The van der Waals surface area contributed by atoms with Crippen LogP contribution in [0.25, 0.3) is 6.08 Å². The largest absolute Gasteiger partial charge is 0.496 e. The summed E-state index contributed by atoms with van der Waals surface area (Å²) in [5, 5.41) is 9.12. The van der Waals surface area contributed by atoms with Gasteiger partial charge >= 0.3 is 5.97 Å². The molecule has 0 saturated carbocycles. The number of aliphatic hydroxyl groups excluding tert-OH is 1. The van der Waals surface area contributed by atoms with Crippen LogP contribution in [0.3, 0.4) is 0 Å². The topological polar surface area (TPSA) is 65.0 Å². The average Bonchev–Trinajstić information content (AvgIpc) is 2.43. The molecule has 98 valence electrons. The van der Waals surface area contributed by atoms with Gasteiger partial charge in [0, 0.05) is 6.08 Å². The number of hydrogen-bond acceptors (Lipinski definition) is 5. The lowest BCUT2D eigenvalue weighted by molar-refractivity contribution is -0.134. The highest BCUT2D eigenvalue weighted by Crippen LogP contribution is 2.31. The Morgan fingerprint density at radius 2 is 1.78 bits per heavy atom. The Labute approximate surface area is 106 Å². The Morgan fingerprint density at radius 1 is 1.22 bits per heavy atom. The molecule has 18 heavy (non-hydrogen) atoms. The second-order valence-corrected chi connectivity index (χ2v) is 3.43. The van der Waals surface area contributed by atoms with Crippen LogP contribution in [0, 0.1) is 0 Å². The molecule has 0 bridgehead atoms. The summed E-state index contributed by atoms with van der Waals surface area (Å²) in [6, 6.07) is 3.36. The van der Waals surface area contributed by atoms with Gasteiger partial charge in [0.25, 0.3) is 0 Å². The van der Waals surface area contributed by atoms with Gasteiger partial charge < -0.3 is 19.3 Å². The average molecular weight is 252 g/mol. The first-order valence-corrected chi connectivity index (χ1v) is 5.28. The van der Waals surface area contributed by atoms with E-state index in [4.69, 9.17) is 14.6 Å². The van der Waals surface area contributed by atoms with Crippen LogP contribution < -0.4 is 9.47 Å². The maximum atomic E-state index is 11.1. The minimum absolute atomic E-state index is 0.117. The number of aliphatic hydroxyl groups is 1. The van der Waals surface area contributed by atoms with Crippen molar-refractivity contribution < 1.29 is 24.1 Å². The van der Waals surface area contributed by atoms with Crippen molar-refractivity contribution in [3.63, 3.8) is 0 Å². The van der Waals surface area contributed by atoms with Gasteiger partial charge in [0.1, 0.15) is 11.5 Å². The highest BCUT2D eigenvalue weighted by atomic mass is 16.5. The van der Waals surface area contributed by atoms with Crippen LogP contribution in [0.5, 0.6) is 11.5 Å². The van der Waals surface area contributed by atoms with Crippen LogP contribution in [-0.2, 0) is 16.1 Å². The molecule has 0 unspecified atom stereocenters. The Balaban J connectivity index is 3.22. The zero-order valence-electron chi connectivity index (χ0n) is 10.6. The molecule has 0 aromatic heterocycles. The number of benzene rings is 1. The van der Waals surface area contributed by atoms with Crippen LogP contribution in [0.2, 0.25) is 0 Å². The fraction of sp³-hybridized carbons (Fsp3) is 0.308. The number of carbonyl (C=O) groups is 1. The van der Waals surface area contributed by atoms with Gasteiger partial charge in [-0.25, -0.2) is 4.79 Å². The summed E-state index contributed by atoms with van der Waals surface area (Å²) in [4.78, 5) is 11.1. The standard InChI is InChI=1S/C13H16O5/c1-16-11-6-9(8-14)7-12(17-2)10(11)4-5-13(15)18-3/h4-7,14H,8H2,1-3H3. The first-order valence-electron chi connectivity index (χ1n) is 5.28. The number of esters is 1. The van der Waals surface area contributed by atoms with Crippen molar-refractivity contribution in [2.24, 2.45) is 0 Å². The molecule has 1 aromatic rings. The maximum absolute atomic E-state index is 11.1. The van der Waals surface area contributed by atoms with E-state index in [2.05, 4.69) is 4.74 Å². The summed E-state index contributed by atoms with van der Waals surface area (Å²) in [6.45, 7) is -0.117. The molecule has 1 N–H and O–H groups in total. The Kier molecular flexibility index (Phi) is 5.20. The lowest BCUT2D eigenvalue weighted by Crippen LogP contribution is -1.97. The summed E-state index contributed by atoms with van der Waals surface area (Å²) >= 11 is 0. The van der Waals surface area contributed by atoms with Crippen molar-refractivity contribution in [1.29, 1.82) is 0 Å². The molecule has 0 aliphatic rings. The molecule has 0 heterocycles. The third kappa shape index (κ3) is 3.24. The van der Waals surface area contributed by atoms with E-state index in [9.17, 15) is 4.79 Å². The van der Waals surface area contributed by atoms with Crippen LogP contribution in [-0.4, -0.2) is 32.4 Å². The van der Waals surface area contributed by atoms with E-state index < -0.39 is 5.97 Å². The first kappa shape index (κ1) is 14.1. The van der Waals surface area contributed by atoms with Crippen molar-refractivity contribution in [2.75, 3.05) is 21.3 Å². The van der Waals surface area contributed by atoms with E-state index in [-0.39, 0.29) is 6.61 Å². The van der Waals surface area contributed by atoms with Gasteiger partial charge in [-0.05, 0) is 23.8 Å². The molecule has 0 saturated heterocycles. The van der Waals surface area contributed by atoms with Gasteiger partial charge in [0.15, 0.2) is 0 Å². The van der Waals surface area contributed by atoms with E-state index in [1.54, 1.807) is 18.2 Å². The highest BCUT2D eigenvalue weighted by Gasteiger charge is 2.10.